The molecule has 2 aromatic rings. The van der Waals surface area contributed by atoms with Crippen LogP contribution in [-0.4, -0.2) is 42.6 Å². The average Bonchev–Trinajstić information content (AvgIpc) is 2.45. The fraction of sp³-hybridized carbons (Fsp3) is 0. The minimum absolute atomic E-state index is 0.0553. The summed E-state index contributed by atoms with van der Waals surface area (Å²) in [5.74, 6) is -3.78. The predicted octanol–water partition coefficient (Wildman–Crippen LogP) is 1.59. The first-order valence-electron chi connectivity index (χ1n) is 5.73. The molecule has 8 heteroatoms. The summed E-state index contributed by atoms with van der Waals surface area (Å²) in [6.07, 6.45) is 0. The molecule has 0 saturated heterocycles. The van der Waals surface area contributed by atoms with Crippen LogP contribution in [0.3, 0.4) is 0 Å². The monoisotopic (exact) mass is 308 g/mol. The van der Waals surface area contributed by atoms with E-state index >= 15 is 0 Å². The zero-order valence-electron chi connectivity index (χ0n) is 11.0. The molecule has 0 aliphatic carbocycles. The van der Waals surface area contributed by atoms with Gasteiger partial charge in [0.15, 0.2) is 23.0 Å². The van der Waals surface area contributed by atoms with Gasteiger partial charge in [0.05, 0.1) is 11.1 Å². The summed E-state index contributed by atoms with van der Waals surface area (Å²) >= 11 is 0. The van der Waals surface area contributed by atoms with E-state index in [1.165, 1.54) is 12.1 Å². The largest absolute Gasteiger partial charge is 0.504 e. The Kier molecular flexibility index (Phi) is 5.17. The lowest BCUT2D eigenvalue weighted by Crippen LogP contribution is -1.94. The summed E-state index contributed by atoms with van der Waals surface area (Å²) in [5.41, 5.74) is -0.111. The lowest BCUT2D eigenvalue weighted by atomic mass is 10.2. The molecule has 6 N–H and O–H groups in total. The Morgan fingerprint density at radius 3 is 1.14 bits per heavy atom. The highest BCUT2D eigenvalue weighted by Crippen LogP contribution is 2.25. The fourth-order valence-corrected chi connectivity index (χ4v) is 1.31. The second kappa shape index (κ2) is 6.84. The summed E-state index contributed by atoms with van der Waals surface area (Å²) in [7, 11) is 0. The standard InChI is InChI=1S/2C7H6O4/c2*8-5-2-1-4(7(10)11)3-6(5)9/h2*1-3,8-9H,(H,10,11). The number of hydrogen-bond acceptors (Lipinski definition) is 6. The Bertz CT molecular complexity index is 646. The van der Waals surface area contributed by atoms with Crippen molar-refractivity contribution in [1.29, 1.82) is 0 Å². The number of phenolic OH excluding ortho intramolecular Hbond substituents is 4. The molecule has 0 bridgehead atoms. The summed E-state index contributed by atoms with van der Waals surface area (Å²) in [6.45, 7) is 0. The summed E-state index contributed by atoms with van der Waals surface area (Å²) in [4.78, 5) is 20.5. The van der Waals surface area contributed by atoms with Gasteiger partial charge >= 0.3 is 11.9 Å². The second-order valence-corrected chi connectivity index (χ2v) is 4.02. The minimum atomic E-state index is -1.14. The lowest BCUT2D eigenvalue weighted by Gasteiger charge is -1.97. The van der Waals surface area contributed by atoms with Gasteiger partial charge in [0.25, 0.3) is 0 Å². The highest BCUT2D eigenvalue weighted by atomic mass is 16.4. The van der Waals surface area contributed by atoms with Crippen LogP contribution in [0.25, 0.3) is 0 Å². The molecular weight excluding hydrogens is 296 g/mol. The van der Waals surface area contributed by atoms with Crippen molar-refractivity contribution in [1.82, 2.24) is 0 Å². The van der Waals surface area contributed by atoms with Gasteiger partial charge in [-0.2, -0.15) is 0 Å². The molecule has 0 fully saturated rings. The zero-order chi connectivity index (χ0) is 16.9. The molecule has 2 aromatic carbocycles. The van der Waals surface area contributed by atoms with E-state index < -0.39 is 23.4 Å². The third-order valence-corrected chi connectivity index (χ3v) is 2.44. The van der Waals surface area contributed by atoms with Crippen molar-refractivity contribution in [3.63, 3.8) is 0 Å². The Morgan fingerprint density at radius 1 is 0.591 bits per heavy atom. The van der Waals surface area contributed by atoms with Crippen LogP contribution in [0.5, 0.6) is 23.0 Å². The van der Waals surface area contributed by atoms with Gasteiger partial charge in [0, 0.05) is 0 Å². The molecule has 0 amide bonds. The maximum absolute atomic E-state index is 10.3. The van der Waals surface area contributed by atoms with Crippen molar-refractivity contribution in [3.05, 3.63) is 47.5 Å². The number of phenols is 4. The van der Waals surface area contributed by atoms with E-state index in [4.69, 9.17) is 30.6 Å². The summed E-state index contributed by atoms with van der Waals surface area (Å²) < 4.78 is 0. The highest BCUT2D eigenvalue weighted by molar-refractivity contribution is 5.88. The van der Waals surface area contributed by atoms with E-state index in [-0.39, 0.29) is 22.6 Å². The maximum Gasteiger partial charge on any atom is 0.335 e. The van der Waals surface area contributed by atoms with Gasteiger partial charge in [-0.1, -0.05) is 0 Å². The number of aromatic hydroxyl groups is 4. The van der Waals surface area contributed by atoms with Crippen LogP contribution in [0.15, 0.2) is 36.4 Å². The Labute approximate surface area is 123 Å². The van der Waals surface area contributed by atoms with E-state index in [0.717, 1.165) is 24.3 Å². The molecule has 0 heterocycles. The van der Waals surface area contributed by atoms with Crippen LogP contribution in [0, 0.1) is 0 Å². The van der Waals surface area contributed by atoms with Gasteiger partial charge in [-0.05, 0) is 36.4 Å². The van der Waals surface area contributed by atoms with Crippen molar-refractivity contribution in [2.75, 3.05) is 0 Å². The molecule has 2 rings (SSSR count). The third-order valence-electron chi connectivity index (χ3n) is 2.44. The first kappa shape index (κ1) is 16.6. The van der Waals surface area contributed by atoms with Gasteiger partial charge in [0.2, 0.25) is 0 Å². The number of carbonyl (C=O) groups is 2. The number of carboxylic acid groups (broad SMARTS) is 2. The Morgan fingerprint density at radius 2 is 0.909 bits per heavy atom. The van der Waals surface area contributed by atoms with Crippen molar-refractivity contribution in [2.24, 2.45) is 0 Å². The van der Waals surface area contributed by atoms with Crippen LogP contribution in [0.2, 0.25) is 0 Å². The van der Waals surface area contributed by atoms with Gasteiger partial charge in [-0.25, -0.2) is 9.59 Å². The van der Waals surface area contributed by atoms with Crippen LogP contribution < -0.4 is 0 Å². The molecule has 0 aliphatic heterocycles. The number of aromatic carboxylic acids is 2. The Hall–Kier alpha value is -3.42. The SMILES string of the molecule is O=C(O)c1ccc(O)c(O)c1.O=C(O)c1ccc(O)c(O)c1. The molecule has 116 valence electrons. The van der Waals surface area contributed by atoms with Crippen LogP contribution >= 0.6 is 0 Å². The highest BCUT2D eigenvalue weighted by Gasteiger charge is 2.06. The van der Waals surface area contributed by atoms with Gasteiger partial charge in [-0.15, -0.1) is 0 Å². The zero-order valence-corrected chi connectivity index (χ0v) is 11.0. The fourth-order valence-electron chi connectivity index (χ4n) is 1.31. The molecule has 0 aromatic heterocycles. The molecule has 0 spiro atoms. The molecule has 0 unspecified atom stereocenters. The topological polar surface area (TPSA) is 156 Å². The first-order chi connectivity index (χ1) is 10.2. The normalized spacial score (nSPS) is 9.45. The lowest BCUT2D eigenvalue weighted by molar-refractivity contribution is 0.0685. The summed E-state index contributed by atoms with van der Waals surface area (Å²) in [6, 6.07) is 6.63. The van der Waals surface area contributed by atoms with Gasteiger partial charge in [-0.3, -0.25) is 0 Å². The minimum Gasteiger partial charge on any atom is -0.504 e. The molecule has 0 radical (unpaired) electrons. The number of carboxylic acids is 2. The van der Waals surface area contributed by atoms with Crippen LogP contribution in [0.1, 0.15) is 20.7 Å². The summed E-state index contributed by atoms with van der Waals surface area (Å²) in [5, 5.41) is 52.1. The van der Waals surface area contributed by atoms with E-state index in [0.29, 0.717) is 0 Å². The third kappa shape index (κ3) is 4.30. The molecule has 0 aliphatic rings. The quantitative estimate of drug-likeness (QED) is 0.457. The predicted molar refractivity (Wildman–Crippen MR) is 73.5 cm³/mol. The average molecular weight is 308 g/mol. The van der Waals surface area contributed by atoms with E-state index in [1.807, 2.05) is 0 Å². The number of benzene rings is 2. The van der Waals surface area contributed by atoms with Crippen molar-refractivity contribution in [3.8, 4) is 23.0 Å². The number of rotatable bonds is 2. The molecule has 0 saturated carbocycles. The molecule has 22 heavy (non-hydrogen) atoms. The van der Waals surface area contributed by atoms with E-state index in [2.05, 4.69) is 0 Å². The molecular formula is C14H12O8. The first-order valence-corrected chi connectivity index (χ1v) is 5.73. The van der Waals surface area contributed by atoms with E-state index in [9.17, 15) is 9.59 Å². The molecule has 8 nitrogen and oxygen atoms in total. The van der Waals surface area contributed by atoms with Crippen LogP contribution in [-0.2, 0) is 0 Å². The second-order valence-electron chi connectivity index (χ2n) is 4.02. The van der Waals surface area contributed by atoms with Crippen molar-refractivity contribution in [2.45, 2.75) is 0 Å². The smallest absolute Gasteiger partial charge is 0.335 e. The van der Waals surface area contributed by atoms with Gasteiger partial charge < -0.3 is 30.6 Å². The van der Waals surface area contributed by atoms with Crippen molar-refractivity contribution >= 4 is 11.9 Å². The van der Waals surface area contributed by atoms with Crippen molar-refractivity contribution < 1.29 is 40.2 Å². The maximum atomic E-state index is 10.3. The molecule has 0 atom stereocenters. The number of hydrogen-bond donors (Lipinski definition) is 6. The van der Waals surface area contributed by atoms with Crippen LogP contribution in [0.4, 0.5) is 0 Å². The Balaban J connectivity index is 0.000000220. The van der Waals surface area contributed by atoms with Gasteiger partial charge in [0.1, 0.15) is 0 Å². The van der Waals surface area contributed by atoms with E-state index in [1.54, 1.807) is 0 Å².